The summed E-state index contributed by atoms with van der Waals surface area (Å²) < 4.78 is 7.72. The maximum absolute atomic E-state index is 11.5. The Bertz CT molecular complexity index is 823. The maximum atomic E-state index is 11.5. The Morgan fingerprint density at radius 1 is 1.04 bits per heavy atom. The van der Waals surface area contributed by atoms with E-state index in [0.717, 1.165) is 16.8 Å². The number of benzene rings is 2. The molecule has 122 valence electrons. The van der Waals surface area contributed by atoms with Crippen LogP contribution in [0.15, 0.2) is 66.7 Å². The molecule has 0 aliphatic rings. The lowest BCUT2D eigenvalue weighted by Crippen LogP contribution is -2.07. The highest BCUT2D eigenvalue weighted by Gasteiger charge is 2.17. The van der Waals surface area contributed by atoms with Crippen LogP contribution in [-0.2, 0) is 18.1 Å². The number of hydrogen-bond donors (Lipinski definition) is 1. The molecule has 0 unspecified atom stereocenters. The van der Waals surface area contributed by atoms with Gasteiger partial charge in [0.15, 0.2) is 0 Å². The van der Waals surface area contributed by atoms with Gasteiger partial charge in [0.05, 0.1) is 17.9 Å². The average molecular weight is 321 g/mol. The summed E-state index contributed by atoms with van der Waals surface area (Å²) in [5, 5.41) is 9.40. The van der Waals surface area contributed by atoms with Crippen molar-refractivity contribution in [1.29, 1.82) is 0 Å². The van der Waals surface area contributed by atoms with Gasteiger partial charge in [-0.15, -0.1) is 0 Å². The van der Waals surface area contributed by atoms with Gasteiger partial charge in [-0.2, -0.15) is 0 Å². The van der Waals surface area contributed by atoms with Gasteiger partial charge in [-0.1, -0.05) is 60.7 Å². The van der Waals surface area contributed by atoms with Gasteiger partial charge in [0, 0.05) is 5.69 Å². The van der Waals surface area contributed by atoms with Gasteiger partial charge >= 0.3 is 5.97 Å². The van der Waals surface area contributed by atoms with Crippen molar-refractivity contribution < 1.29 is 14.6 Å². The molecule has 3 aromatic rings. The number of rotatable bonds is 6. The van der Waals surface area contributed by atoms with Crippen molar-refractivity contribution in [3.05, 3.63) is 83.6 Å². The standard InChI is InChI=1S/C20H19NO3/c1-15-18(20(22)23)12-19(17-10-6-3-7-11-17)21(15)14-24-13-16-8-4-2-5-9-16/h2-12H,13-14H2,1H3,(H,22,23). The third-order valence-corrected chi connectivity index (χ3v) is 4.00. The van der Waals surface area contributed by atoms with E-state index in [9.17, 15) is 9.90 Å². The molecule has 0 aliphatic carbocycles. The van der Waals surface area contributed by atoms with Crippen molar-refractivity contribution in [3.8, 4) is 11.3 Å². The molecule has 0 fully saturated rings. The van der Waals surface area contributed by atoms with E-state index in [2.05, 4.69) is 0 Å². The fourth-order valence-electron chi connectivity index (χ4n) is 2.71. The van der Waals surface area contributed by atoms with Crippen molar-refractivity contribution in [2.45, 2.75) is 20.3 Å². The largest absolute Gasteiger partial charge is 0.478 e. The van der Waals surface area contributed by atoms with Crippen molar-refractivity contribution >= 4 is 5.97 Å². The molecule has 2 aromatic carbocycles. The highest BCUT2D eigenvalue weighted by Crippen LogP contribution is 2.26. The molecule has 0 aliphatic heterocycles. The average Bonchev–Trinajstić information content (AvgIpc) is 2.94. The smallest absolute Gasteiger partial charge is 0.337 e. The van der Waals surface area contributed by atoms with Crippen molar-refractivity contribution in [2.24, 2.45) is 0 Å². The van der Waals surface area contributed by atoms with Crippen molar-refractivity contribution in [3.63, 3.8) is 0 Å². The lowest BCUT2D eigenvalue weighted by Gasteiger charge is -2.13. The fourth-order valence-corrected chi connectivity index (χ4v) is 2.71. The first-order chi connectivity index (χ1) is 11.7. The molecule has 0 spiro atoms. The molecule has 0 saturated heterocycles. The Hall–Kier alpha value is -2.85. The predicted molar refractivity (Wildman–Crippen MR) is 92.8 cm³/mol. The second-order valence-electron chi connectivity index (χ2n) is 5.59. The number of carboxylic acid groups (broad SMARTS) is 1. The Labute approximate surface area is 140 Å². The van der Waals surface area contributed by atoms with Crippen LogP contribution in [-0.4, -0.2) is 15.6 Å². The summed E-state index contributed by atoms with van der Waals surface area (Å²) in [7, 11) is 0. The molecule has 1 aromatic heterocycles. The molecule has 0 radical (unpaired) electrons. The number of aromatic nitrogens is 1. The molecule has 0 amide bonds. The van der Waals surface area contributed by atoms with E-state index < -0.39 is 5.97 Å². The van der Waals surface area contributed by atoms with Crippen LogP contribution in [0.2, 0.25) is 0 Å². The van der Waals surface area contributed by atoms with Gasteiger partial charge in [0.1, 0.15) is 6.73 Å². The van der Waals surface area contributed by atoms with E-state index in [1.54, 1.807) is 6.07 Å². The minimum atomic E-state index is -0.925. The monoisotopic (exact) mass is 321 g/mol. The molecular weight excluding hydrogens is 302 g/mol. The van der Waals surface area contributed by atoms with Crippen molar-refractivity contribution in [2.75, 3.05) is 0 Å². The lowest BCUT2D eigenvalue weighted by molar-refractivity contribution is 0.0631. The molecule has 4 nitrogen and oxygen atoms in total. The minimum absolute atomic E-state index is 0.303. The van der Waals surface area contributed by atoms with E-state index in [4.69, 9.17) is 4.74 Å². The van der Waals surface area contributed by atoms with Crippen LogP contribution in [0.3, 0.4) is 0 Å². The van der Waals surface area contributed by atoms with Crippen LogP contribution in [0.1, 0.15) is 21.6 Å². The van der Waals surface area contributed by atoms with Gasteiger partial charge in [0.2, 0.25) is 0 Å². The molecule has 1 N–H and O–H groups in total. The third kappa shape index (κ3) is 3.39. The minimum Gasteiger partial charge on any atom is -0.478 e. The molecule has 4 heteroatoms. The maximum Gasteiger partial charge on any atom is 0.337 e. The molecule has 24 heavy (non-hydrogen) atoms. The summed E-state index contributed by atoms with van der Waals surface area (Å²) in [6, 6.07) is 21.4. The van der Waals surface area contributed by atoms with E-state index in [0.29, 0.717) is 24.6 Å². The van der Waals surface area contributed by atoms with Crippen LogP contribution in [0.25, 0.3) is 11.3 Å². The van der Waals surface area contributed by atoms with E-state index >= 15 is 0 Å². The summed E-state index contributed by atoms with van der Waals surface area (Å²) in [6.07, 6.45) is 0. The van der Waals surface area contributed by atoms with Gasteiger partial charge in [0.25, 0.3) is 0 Å². The quantitative estimate of drug-likeness (QED) is 0.735. The van der Waals surface area contributed by atoms with E-state index in [-0.39, 0.29) is 0 Å². The molecule has 0 bridgehead atoms. The Morgan fingerprint density at radius 2 is 1.67 bits per heavy atom. The van der Waals surface area contributed by atoms with Crippen LogP contribution < -0.4 is 0 Å². The summed E-state index contributed by atoms with van der Waals surface area (Å²) >= 11 is 0. The molecule has 0 atom stereocenters. The molecular formula is C20H19NO3. The number of ether oxygens (including phenoxy) is 1. The third-order valence-electron chi connectivity index (χ3n) is 4.00. The number of carbonyl (C=O) groups is 1. The highest BCUT2D eigenvalue weighted by molar-refractivity contribution is 5.91. The van der Waals surface area contributed by atoms with Crippen LogP contribution in [0, 0.1) is 6.92 Å². The summed E-state index contributed by atoms with van der Waals surface area (Å²) in [5.74, 6) is -0.925. The zero-order chi connectivity index (χ0) is 16.9. The Balaban J connectivity index is 1.86. The summed E-state index contributed by atoms with van der Waals surface area (Å²) in [6.45, 7) is 2.59. The SMILES string of the molecule is Cc1c(C(=O)O)cc(-c2ccccc2)n1COCc1ccccc1. The van der Waals surface area contributed by atoms with Gasteiger partial charge in [-0.25, -0.2) is 4.79 Å². The van der Waals surface area contributed by atoms with Gasteiger partial charge < -0.3 is 14.4 Å². The second kappa shape index (κ2) is 7.15. The fraction of sp³-hybridized carbons (Fsp3) is 0.150. The first kappa shape index (κ1) is 16.0. The normalized spacial score (nSPS) is 10.7. The highest BCUT2D eigenvalue weighted by atomic mass is 16.5. The second-order valence-corrected chi connectivity index (χ2v) is 5.59. The Morgan fingerprint density at radius 3 is 2.29 bits per heavy atom. The number of nitrogens with zero attached hydrogens (tertiary/aromatic N) is 1. The van der Waals surface area contributed by atoms with Gasteiger partial charge in [-0.05, 0) is 24.1 Å². The summed E-state index contributed by atoms with van der Waals surface area (Å²) in [4.78, 5) is 11.5. The lowest BCUT2D eigenvalue weighted by atomic mass is 10.1. The molecule has 0 saturated carbocycles. The van der Waals surface area contributed by atoms with Gasteiger partial charge in [-0.3, -0.25) is 0 Å². The van der Waals surface area contributed by atoms with E-state index in [1.807, 2.05) is 72.2 Å². The Kier molecular flexibility index (Phi) is 4.77. The van der Waals surface area contributed by atoms with E-state index in [1.165, 1.54) is 0 Å². The van der Waals surface area contributed by atoms with Crippen LogP contribution >= 0.6 is 0 Å². The number of carboxylic acids is 1. The first-order valence-corrected chi connectivity index (χ1v) is 7.77. The van der Waals surface area contributed by atoms with Crippen LogP contribution in [0.4, 0.5) is 0 Å². The number of hydrogen-bond acceptors (Lipinski definition) is 2. The predicted octanol–water partition coefficient (Wildman–Crippen LogP) is 4.34. The van der Waals surface area contributed by atoms with Crippen LogP contribution in [0.5, 0.6) is 0 Å². The molecule has 3 rings (SSSR count). The number of aromatic carboxylic acids is 1. The zero-order valence-electron chi connectivity index (χ0n) is 13.5. The summed E-state index contributed by atoms with van der Waals surface area (Å²) in [5.41, 5.74) is 3.89. The molecule has 1 heterocycles. The first-order valence-electron chi connectivity index (χ1n) is 7.77. The topological polar surface area (TPSA) is 51.5 Å². The van der Waals surface area contributed by atoms with Crippen molar-refractivity contribution in [1.82, 2.24) is 4.57 Å². The zero-order valence-corrected chi connectivity index (χ0v) is 13.5.